The normalized spacial score (nSPS) is 10.5. The van der Waals surface area contributed by atoms with E-state index in [1.54, 1.807) is 12.3 Å². The van der Waals surface area contributed by atoms with Gasteiger partial charge in [0.1, 0.15) is 5.82 Å². The van der Waals surface area contributed by atoms with E-state index >= 15 is 0 Å². The number of aromatic nitrogens is 3. The molecule has 0 saturated carbocycles. The van der Waals surface area contributed by atoms with Crippen LogP contribution in [0.4, 0.5) is 5.82 Å². The maximum absolute atomic E-state index is 11.4. The summed E-state index contributed by atoms with van der Waals surface area (Å²) in [5.74, 6) is 0.216. The number of pyridine rings is 1. The molecule has 5 heteroatoms. The summed E-state index contributed by atoms with van der Waals surface area (Å²) in [6.45, 7) is 4.18. The Kier molecular flexibility index (Phi) is 5.29. The first kappa shape index (κ1) is 18.4. The third-order valence-electron chi connectivity index (χ3n) is 4.52. The second-order valence-corrected chi connectivity index (χ2v) is 6.59. The van der Waals surface area contributed by atoms with Gasteiger partial charge in [-0.05, 0) is 41.5 Å². The third kappa shape index (κ3) is 4.47. The van der Waals surface area contributed by atoms with Crippen molar-refractivity contribution in [1.29, 1.82) is 0 Å². The second kappa shape index (κ2) is 8.35. The molecule has 0 aliphatic heterocycles. The van der Waals surface area contributed by atoms with Gasteiger partial charge in [-0.3, -0.25) is 9.48 Å². The molecule has 142 valence electrons. The van der Waals surface area contributed by atoms with Crippen LogP contribution in [0, 0.1) is 0 Å². The Labute approximate surface area is 169 Å². The monoisotopic (exact) mass is 380 g/mol. The Morgan fingerprint density at radius 1 is 0.966 bits per heavy atom. The lowest BCUT2D eigenvalue weighted by Crippen LogP contribution is -2.08. The van der Waals surface area contributed by atoms with Gasteiger partial charge in [0.15, 0.2) is 0 Å². The van der Waals surface area contributed by atoms with Crippen molar-refractivity contribution in [3.05, 3.63) is 103 Å². The summed E-state index contributed by atoms with van der Waals surface area (Å²) < 4.78 is 1.94. The number of nitrogens with one attached hydrogen (secondary N) is 1. The average molecular weight is 380 g/mol. The van der Waals surface area contributed by atoms with Gasteiger partial charge in [-0.25, -0.2) is 4.98 Å². The van der Waals surface area contributed by atoms with E-state index in [0.717, 1.165) is 28.9 Å². The summed E-state index contributed by atoms with van der Waals surface area (Å²) in [6, 6.07) is 24.2. The quantitative estimate of drug-likeness (QED) is 0.490. The zero-order valence-corrected chi connectivity index (χ0v) is 15.8. The molecule has 29 heavy (non-hydrogen) atoms. The highest BCUT2D eigenvalue weighted by molar-refractivity contribution is 5.98. The van der Waals surface area contributed by atoms with Crippen LogP contribution in [0.15, 0.2) is 97.8 Å². The highest BCUT2D eigenvalue weighted by atomic mass is 16.1. The van der Waals surface area contributed by atoms with Gasteiger partial charge in [0.25, 0.3) is 0 Å². The standard InChI is InChI=1S/C24H20N4O/c1-2-24(29)26-23-12-11-21(16-25-23)19-9-6-10-20(15-19)22-13-14-28(27-22)17-18-7-4-3-5-8-18/h2-16H,1,17H2,(H,25,26,29). The first-order valence-electron chi connectivity index (χ1n) is 9.29. The summed E-state index contributed by atoms with van der Waals surface area (Å²) in [7, 11) is 0. The van der Waals surface area contributed by atoms with E-state index in [9.17, 15) is 4.79 Å². The lowest BCUT2D eigenvalue weighted by atomic mass is 10.0. The molecule has 1 N–H and O–H groups in total. The van der Waals surface area contributed by atoms with Crippen LogP contribution in [0.5, 0.6) is 0 Å². The highest BCUT2D eigenvalue weighted by Gasteiger charge is 2.06. The maximum atomic E-state index is 11.4. The molecule has 0 aliphatic carbocycles. The molecule has 0 bridgehead atoms. The van der Waals surface area contributed by atoms with Crippen molar-refractivity contribution in [3.8, 4) is 22.4 Å². The Morgan fingerprint density at radius 2 is 1.79 bits per heavy atom. The van der Waals surface area contributed by atoms with Gasteiger partial charge < -0.3 is 5.32 Å². The van der Waals surface area contributed by atoms with E-state index in [1.807, 2.05) is 59.4 Å². The molecule has 1 amide bonds. The second-order valence-electron chi connectivity index (χ2n) is 6.59. The van der Waals surface area contributed by atoms with Crippen molar-refractivity contribution in [3.63, 3.8) is 0 Å². The number of amides is 1. The van der Waals surface area contributed by atoms with E-state index in [0.29, 0.717) is 5.82 Å². The molecule has 0 saturated heterocycles. The van der Waals surface area contributed by atoms with Crippen molar-refractivity contribution in [2.75, 3.05) is 5.32 Å². The number of hydrogen-bond donors (Lipinski definition) is 1. The van der Waals surface area contributed by atoms with Crippen molar-refractivity contribution in [2.45, 2.75) is 6.54 Å². The minimum Gasteiger partial charge on any atom is -0.307 e. The SMILES string of the molecule is C=CC(=O)Nc1ccc(-c2cccc(-c3ccn(Cc4ccccc4)n3)c2)cn1. The predicted molar refractivity (Wildman–Crippen MR) is 115 cm³/mol. The van der Waals surface area contributed by atoms with Crippen LogP contribution in [0.3, 0.4) is 0 Å². The van der Waals surface area contributed by atoms with Crippen molar-refractivity contribution in [1.82, 2.24) is 14.8 Å². The lowest BCUT2D eigenvalue weighted by Gasteiger charge is -2.06. The zero-order valence-electron chi connectivity index (χ0n) is 15.8. The molecule has 4 rings (SSSR count). The molecule has 4 aromatic rings. The van der Waals surface area contributed by atoms with Gasteiger partial charge in [0, 0.05) is 23.5 Å². The summed E-state index contributed by atoms with van der Waals surface area (Å²) in [6.07, 6.45) is 4.95. The van der Waals surface area contributed by atoms with Crippen LogP contribution < -0.4 is 5.32 Å². The molecule has 2 aromatic carbocycles. The van der Waals surface area contributed by atoms with Crippen molar-refractivity contribution in [2.24, 2.45) is 0 Å². The number of carbonyl (C=O) groups excluding carboxylic acids is 1. The van der Waals surface area contributed by atoms with Gasteiger partial charge in [0.05, 0.1) is 12.2 Å². The molecule has 2 heterocycles. The predicted octanol–water partition coefficient (Wildman–Crippen LogP) is 4.78. The van der Waals surface area contributed by atoms with Gasteiger partial charge in [0.2, 0.25) is 5.91 Å². The third-order valence-corrected chi connectivity index (χ3v) is 4.52. The van der Waals surface area contributed by atoms with Crippen molar-refractivity contribution < 1.29 is 4.79 Å². The van der Waals surface area contributed by atoms with Gasteiger partial charge in [-0.2, -0.15) is 5.10 Å². The first-order chi connectivity index (χ1) is 14.2. The van der Waals surface area contributed by atoms with Crippen LogP contribution in [-0.2, 0) is 11.3 Å². The summed E-state index contributed by atoms with van der Waals surface area (Å²) in [5, 5.41) is 7.36. The number of anilines is 1. The lowest BCUT2D eigenvalue weighted by molar-refractivity contribution is -0.111. The molecule has 0 atom stereocenters. The van der Waals surface area contributed by atoms with Crippen LogP contribution >= 0.6 is 0 Å². The molecule has 0 unspecified atom stereocenters. The van der Waals surface area contributed by atoms with Crippen LogP contribution in [-0.4, -0.2) is 20.7 Å². The summed E-state index contributed by atoms with van der Waals surface area (Å²) in [4.78, 5) is 15.7. The van der Waals surface area contributed by atoms with E-state index in [2.05, 4.69) is 35.1 Å². The zero-order chi connectivity index (χ0) is 20.1. The molecule has 0 aliphatic rings. The molecule has 2 aromatic heterocycles. The molecule has 5 nitrogen and oxygen atoms in total. The highest BCUT2D eigenvalue weighted by Crippen LogP contribution is 2.25. The fraction of sp³-hybridized carbons (Fsp3) is 0.0417. The Hall–Kier alpha value is -3.99. The van der Waals surface area contributed by atoms with Gasteiger partial charge in [-0.1, -0.05) is 55.1 Å². The Bertz CT molecular complexity index is 1130. The average Bonchev–Trinajstić information content (AvgIpc) is 3.23. The molecule has 0 fully saturated rings. The number of rotatable bonds is 6. The van der Waals surface area contributed by atoms with Crippen molar-refractivity contribution >= 4 is 11.7 Å². The van der Waals surface area contributed by atoms with Gasteiger partial charge >= 0.3 is 0 Å². The van der Waals surface area contributed by atoms with Crippen LogP contribution in [0.1, 0.15) is 5.56 Å². The fourth-order valence-electron chi connectivity index (χ4n) is 3.05. The first-order valence-corrected chi connectivity index (χ1v) is 9.29. The number of hydrogen-bond acceptors (Lipinski definition) is 3. The van der Waals surface area contributed by atoms with E-state index < -0.39 is 0 Å². The van der Waals surface area contributed by atoms with E-state index in [-0.39, 0.29) is 5.91 Å². The summed E-state index contributed by atoms with van der Waals surface area (Å²) in [5.41, 5.74) is 5.18. The number of nitrogens with zero attached hydrogens (tertiary/aromatic N) is 3. The Morgan fingerprint density at radius 3 is 2.55 bits per heavy atom. The van der Waals surface area contributed by atoms with Crippen LogP contribution in [0.2, 0.25) is 0 Å². The molecule has 0 radical (unpaired) electrons. The van der Waals surface area contributed by atoms with E-state index in [4.69, 9.17) is 5.10 Å². The number of carbonyl (C=O) groups is 1. The Balaban J connectivity index is 1.53. The van der Waals surface area contributed by atoms with Crippen LogP contribution in [0.25, 0.3) is 22.4 Å². The maximum Gasteiger partial charge on any atom is 0.248 e. The smallest absolute Gasteiger partial charge is 0.248 e. The molecular weight excluding hydrogens is 360 g/mol. The molecular formula is C24H20N4O. The summed E-state index contributed by atoms with van der Waals surface area (Å²) >= 11 is 0. The van der Waals surface area contributed by atoms with Gasteiger partial charge in [-0.15, -0.1) is 0 Å². The van der Waals surface area contributed by atoms with E-state index in [1.165, 1.54) is 11.6 Å². The topological polar surface area (TPSA) is 59.8 Å². The number of benzene rings is 2. The fourth-order valence-corrected chi connectivity index (χ4v) is 3.05. The largest absolute Gasteiger partial charge is 0.307 e. The minimum atomic E-state index is -0.279. The molecule has 0 spiro atoms. The minimum absolute atomic E-state index is 0.279.